The molecule has 0 saturated heterocycles. The van der Waals surface area contributed by atoms with Crippen molar-refractivity contribution in [1.29, 1.82) is 10.7 Å². The van der Waals surface area contributed by atoms with Crippen molar-refractivity contribution in [2.24, 2.45) is 5.41 Å². The van der Waals surface area contributed by atoms with Crippen molar-refractivity contribution in [3.05, 3.63) is 71.2 Å². The number of pyridine rings is 1. The number of hydrogen-bond donors (Lipinski definition) is 3. The van der Waals surface area contributed by atoms with Crippen LogP contribution in [-0.2, 0) is 6.42 Å². The van der Waals surface area contributed by atoms with Crippen LogP contribution in [0.2, 0.25) is 0 Å². The number of nitrogen functional groups attached to an aromatic ring is 1. The van der Waals surface area contributed by atoms with Gasteiger partial charge in [-0.1, -0.05) is 13.8 Å². The van der Waals surface area contributed by atoms with E-state index in [0.717, 1.165) is 23.4 Å². The number of anilines is 2. The van der Waals surface area contributed by atoms with Crippen molar-refractivity contribution in [2.75, 3.05) is 11.1 Å². The lowest BCUT2D eigenvalue weighted by Gasteiger charge is -2.29. The average molecular weight is 372 g/mol. The van der Waals surface area contributed by atoms with Gasteiger partial charge >= 0.3 is 0 Å². The van der Waals surface area contributed by atoms with Gasteiger partial charge < -0.3 is 15.5 Å². The first-order valence-corrected chi connectivity index (χ1v) is 8.92. The van der Waals surface area contributed by atoms with Crippen molar-refractivity contribution in [3.63, 3.8) is 0 Å². The molecule has 7 nitrogen and oxygen atoms in total. The first kappa shape index (κ1) is 17.7. The lowest BCUT2D eigenvalue weighted by atomic mass is 9.86. The Labute approximate surface area is 162 Å². The second-order valence-electron chi connectivity index (χ2n) is 7.67. The van der Waals surface area contributed by atoms with E-state index < -0.39 is 0 Å². The quantitative estimate of drug-likeness (QED) is 0.474. The van der Waals surface area contributed by atoms with Gasteiger partial charge in [0.2, 0.25) is 0 Å². The van der Waals surface area contributed by atoms with Crippen molar-refractivity contribution in [1.82, 2.24) is 9.97 Å². The largest absolute Gasteiger partial charge is 0.442 e. The predicted octanol–water partition coefficient (Wildman–Crippen LogP) is 3.68. The van der Waals surface area contributed by atoms with E-state index in [2.05, 4.69) is 35.2 Å². The first-order chi connectivity index (χ1) is 13.4. The number of nitrogens with zero attached hydrogens (tertiary/aromatic N) is 3. The summed E-state index contributed by atoms with van der Waals surface area (Å²) in [6, 6.07) is 9.56. The summed E-state index contributed by atoms with van der Waals surface area (Å²) >= 11 is 0. The molecule has 0 saturated carbocycles. The summed E-state index contributed by atoms with van der Waals surface area (Å²) in [5, 5.41) is 21.1. The number of nitrogens with two attached hydrogens (primary N) is 1. The highest BCUT2D eigenvalue weighted by Gasteiger charge is 2.40. The molecule has 0 radical (unpaired) electrons. The number of oxazole rings is 1. The summed E-state index contributed by atoms with van der Waals surface area (Å²) in [6.45, 7) is 4.35. The molecule has 28 heavy (non-hydrogen) atoms. The SMILES string of the molecule is CC1(C)Cc2cc(C#N)cnc2C1Nc1ccc(N)c(C(=N)c2cnco2)c1. The van der Waals surface area contributed by atoms with Gasteiger partial charge in [-0.05, 0) is 41.7 Å². The third kappa shape index (κ3) is 2.99. The Morgan fingerprint density at radius 1 is 1.36 bits per heavy atom. The van der Waals surface area contributed by atoms with Crippen molar-refractivity contribution in [2.45, 2.75) is 26.3 Å². The van der Waals surface area contributed by atoms with Crippen LogP contribution in [0.1, 0.15) is 48.0 Å². The average Bonchev–Trinajstić information content (AvgIpc) is 3.28. The van der Waals surface area contributed by atoms with Gasteiger partial charge in [-0.2, -0.15) is 5.26 Å². The van der Waals surface area contributed by atoms with Gasteiger partial charge in [0.25, 0.3) is 0 Å². The van der Waals surface area contributed by atoms with Gasteiger partial charge in [-0.25, -0.2) is 4.98 Å². The Morgan fingerprint density at radius 3 is 2.89 bits per heavy atom. The molecule has 0 spiro atoms. The topological polar surface area (TPSA) is 125 Å². The molecule has 1 aliphatic carbocycles. The fourth-order valence-corrected chi connectivity index (χ4v) is 3.71. The van der Waals surface area contributed by atoms with Crippen LogP contribution < -0.4 is 11.1 Å². The van der Waals surface area contributed by atoms with Crippen LogP contribution in [0.25, 0.3) is 0 Å². The van der Waals surface area contributed by atoms with Gasteiger partial charge in [0, 0.05) is 23.1 Å². The second kappa shape index (κ2) is 6.50. The maximum absolute atomic E-state index is 9.14. The number of aromatic nitrogens is 2. The molecular weight excluding hydrogens is 352 g/mol. The predicted molar refractivity (Wildman–Crippen MR) is 106 cm³/mol. The van der Waals surface area contributed by atoms with Gasteiger partial charge in [0.1, 0.15) is 11.8 Å². The molecule has 2 aromatic heterocycles. The van der Waals surface area contributed by atoms with E-state index in [1.807, 2.05) is 18.2 Å². The van der Waals surface area contributed by atoms with Crippen LogP contribution in [0.4, 0.5) is 11.4 Å². The summed E-state index contributed by atoms with van der Waals surface area (Å²) in [4.78, 5) is 8.41. The minimum Gasteiger partial charge on any atom is -0.442 e. The maximum Gasteiger partial charge on any atom is 0.181 e. The number of nitriles is 1. The molecule has 2 heterocycles. The third-order valence-corrected chi connectivity index (χ3v) is 5.14. The van der Waals surface area contributed by atoms with Crippen LogP contribution >= 0.6 is 0 Å². The molecule has 0 bridgehead atoms. The van der Waals surface area contributed by atoms with Crippen molar-refractivity contribution in [3.8, 4) is 6.07 Å². The van der Waals surface area contributed by atoms with E-state index in [1.54, 1.807) is 12.3 Å². The highest BCUT2D eigenvalue weighted by Crippen LogP contribution is 2.46. The maximum atomic E-state index is 9.14. The van der Waals surface area contributed by atoms with Crippen molar-refractivity contribution < 1.29 is 4.42 Å². The fourth-order valence-electron chi connectivity index (χ4n) is 3.71. The Balaban J connectivity index is 1.67. The molecule has 1 unspecified atom stereocenters. The highest BCUT2D eigenvalue weighted by molar-refractivity contribution is 6.12. The van der Waals surface area contributed by atoms with Gasteiger partial charge in [0.05, 0.1) is 23.5 Å². The standard InChI is InChI=1S/C21H20N6O/c1-21(2)7-13-5-12(8-22)9-26-19(13)20(21)27-14-3-4-16(23)15(6-14)18(24)17-10-25-11-28-17/h3-6,9-11,20,24,27H,7,23H2,1-2H3. The number of fused-ring (bicyclic) bond motifs is 1. The lowest BCUT2D eigenvalue weighted by molar-refractivity contribution is 0.334. The molecule has 7 heteroatoms. The van der Waals surface area contributed by atoms with Gasteiger partial charge in [-0.15, -0.1) is 0 Å². The van der Waals surface area contributed by atoms with E-state index >= 15 is 0 Å². The number of rotatable bonds is 4. The van der Waals surface area contributed by atoms with E-state index in [1.165, 1.54) is 12.6 Å². The minimum absolute atomic E-state index is 0.0221. The van der Waals surface area contributed by atoms with E-state index in [-0.39, 0.29) is 17.2 Å². The normalized spacial score (nSPS) is 17.0. The number of benzene rings is 1. The summed E-state index contributed by atoms with van der Waals surface area (Å²) in [5.41, 5.74) is 10.7. The molecule has 1 aromatic carbocycles. The zero-order chi connectivity index (χ0) is 19.9. The van der Waals surface area contributed by atoms with E-state index in [9.17, 15) is 0 Å². The molecular formula is C21H20N6O. The Kier molecular flexibility index (Phi) is 4.12. The second-order valence-corrected chi connectivity index (χ2v) is 7.67. The Morgan fingerprint density at radius 2 is 2.18 bits per heavy atom. The molecule has 0 aliphatic heterocycles. The monoisotopic (exact) mass is 372 g/mol. The van der Waals surface area contributed by atoms with Crippen molar-refractivity contribution >= 4 is 17.1 Å². The summed E-state index contributed by atoms with van der Waals surface area (Å²) in [6.07, 6.45) is 5.23. The Hall–Kier alpha value is -3.66. The van der Waals surface area contributed by atoms with Crippen LogP contribution in [0.3, 0.4) is 0 Å². The van der Waals surface area contributed by atoms with Crippen LogP contribution in [0, 0.1) is 22.2 Å². The zero-order valence-electron chi connectivity index (χ0n) is 15.7. The van der Waals surface area contributed by atoms with E-state index in [4.69, 9.17) is 20.8 Å². The zero-order valence-corrected chi connectivity index (χ0v) is 15.7. The van der Waals surface area contributed by atoms with Crippen LogP contribution in [0.5, 0.6) is 0 Å². The molecule has 1 atom stereocenters. The molecule has 0 amide bonds. The lowest BCUT2D eigenvalue weighted by Crippen LogP contribution is -2.25. The third-order valence-electron chi connectivity index (χ3n) is 5.14. The molecule has 140 valence electrons. The van der Waals surface area contributed by atoms with Crippen LogP contribution in [-0.4, -0.2) is 15.7 Å². The molecule has 3 aromatic rings. The number of nitrogens with one attached hydrogen (secondary N) is 2. The molecule has 0 fully saturated rings. The van der Waals surface area contributed by atoms with Crippen LogP contribution in [0.15, 0.2) is 47.5 Å². The fraction of sp³-hybridized carbons (Fsp3) is 0.238. The molecule has 1 aliphatic rings. The van der Waals surface area contributed by atoms with Gasteiger partial charge in [-0.3, -0.25) is 10.4 Å². The molecule has 4 N–H and O–H groups in total. The summed E-state index contributed by atoms with van der Waals surface area (Å²) in [7, 11) is 0. The first-order valence-electron chi connectivity index (χ1n) is 8.92. The minimum atomic E-state index is -0.0800. The summed E-state index contributed by atoms with van der Waals surface area (Å²) in [5.74, 6) is 0.362. The smallest absolute Gasteiger partial charge is 0.181 e. The molecule has 4 rings (SSSR count). The highest BCUT2D eigenvalue weighted by atomic mass is 16.3. The number of hydrogen-bond acceptors (Lipinski definition) is 7. The summed E-state index contributed by atoms with van der Waals surface area (Å²) < 4.78 is 5.23. The van der Waals surface area contributed by atoms with Gasteiger partial charge in [0.15, 0.2) is 12.2 Å². The Bertz CT molecular complexity index is 1090. The van der Waals surface area contributed by atoms with E-state index in [0.29, 0.717) is 22.6 Å².